The van der Waals surface area contributed by atoms with E-state index in [1.54, 1.807) is 0 Å². The van der Waals surface area contributed by atoms with Crippen molar-refractivity contribution >= 4 is 11.5 Å². The van der Waals surface area contributed by atoms with Crippen molar-refractivity contribution in [1.82, 2.24) is 0 Å². The molecule has 2 aromatic rings. The molecule has 0 unspecified atom stereocenters. The van der Waals surface area contributed by atoms with Crippen LogP contribution in [0.15, 0.2) is 60.7 Å². The van der Waals surface area contributed by atoms with Crippen LogP contribution in [0.25, 0.3) is 0 Å². The molecule has 2 saturated carbocycles. The maximum absolute atomic E-state index is 13.2. The van der Waals surface area contributed by atoms with Crippen molar-refractivity contribution in [1.29, 1.82) is 0 Å². The van der Waals surface area contributed by atoms with Crippen molar-refractivity contribution in [2.24, 2.45) is 29.1 Å². The van der Waals surface area contributed by atoms with E-state index in [9.17, 15) is 4.79 Å². The second-order valence-corrected chi connectivity index (χ2v) is 8.39. The average molecular weight is 333 g/mol. The molecule has 2 bridgehead atoms. The first-order valence-corrected chi connectivity index (χ1v) is 9.40. The Kier molecular flexibility index (Phi) is 3.94. The lowest BCUT2D eigenvalue weighted by molar-refractivity contribution is -0.131. The topological polar surface area (TPSA) is 29.1 Å². The number of para-hydroxylation sites is 1. The van der Waals surface area contributed by atoms with Gasteiger partial charge in [-0.05, 0) is 41.4 Å². The Morgan fingerprint density at radius 1 is 1.00 bits per heavy atom. The fourth-order valence-corrected chi connectivity index (χ4v) is 5.21. The summed E-state index contributed by atoms with van der Waals surface area (Å²) < 4.78 is 0. The molecule has 130 valence electrons. The molecule has 2 heteroatoms. The second-order valence-electron chi connectivity index (χ2n) is 8.39. The molecule has 2 fully saturated rings. The maximum Gasteiger partial charge on any atom is 0.142 e. The van der Waals surface area contributed by atoms with Crippen LogP contribution in [-0.2, 0) is 4.79 Å². The van der Waals surface area contributed by atoms with Gasteiger partial charge in [0.05, 0.1) is 6.04 Å². The Morgan fingerprint density at radius 3 is 2.20 bits per heavy atom. The van der Waals surface area contributed by atoms with Crippen LogP contribution >= 0.6 is 0 Å². The molecule has 2 aliphatic rings. The van der Waals surface area contributed by atoms with Crippen LogP contribution in [0.1, 0.15) is 38.8 Å². The lowest BCUT2D eigenvalue weighted by Crippen LogP contribution is -2.43. The predicted molar refractivity (Wildman–Crippen MR) is 102 cm³/mol. The lowest BCUT2D eigenvalue weighted by Gasteiger charge is -2.43. The van der Waals surface area contributed by atoms with Gasteiger partial charge in [-0.3, -0.25) is 4.79 Å². The van der Waals surface area contributed by atoms with E-state index in [2.05, 4.69) is 62.5 Å². The largest absolute Gasteiger partial charge is 0.377 e. The number of benzene rings is 2. The van der Waals surface area contributed by atoms with Gasteiger partial charge >= 0.3 is 0 Å². The molecule has 4 rings (SSSR count). The summed E-state index contributed by atoms with van der Waals surface area (Å²) >= 11 is 0. The number of hydrogen-bond acceptors (Lipinski definition) is 2. The minimum atomic E-state index is 0.0397. The summed E-state index contributed by atoms with van der Waals surface area (Å²) in [7, 11) is 0. The van der Waals surface area contributed by atoms with Crippen molar-refractivity contribution in [3.8, 4) is 0 Å². The first-order valence-electron chi connectivity index (χ1n) is 9.40. The van der Waals surface area contributed by atoms with Crippen molar-refractivity contribution in [2.45, 2.75) is 33.2 Å². The monoisotopic (exact) mass is 333 g/mol. The van der Waals surface area contributed by atoms with Gasteiger partial charge in [0.15, 0.2) is 0 Å². The summed E-state index contributed by atoms with van der Waals surface area (Å²) in [4.78, 5) is 13.2. The molecule has 5 atom stereocenters. The average Bonchev–Trinajstić information content (AvgIpc) is 3.08. The van der Waals surface area contributed by atoms with Crippen LogP contribution < -0.4 is 5.32 Å². The van der Waals surface area contributed by atoms with Gasteiger partial charge < -0.3 is 5.32 Å². The van der Waals surface area contributed by atoms with E-state index in [0.717, 1.165) is 12.1 Å². The highest BCUT2D eigenvalue weighted by Crippen LogP contribution is 2.62. The maximum atomic E-state index is 13.2. The molecule has 0 heterocycles. The van der Waals surface area contributed by atoms with Crippen LogP contribution in [0.5, 0.6) is 0 Å². The number of ketones is 1. The van der Waals surface area contributed by atoms with E-state index in [0.29, 0.717) is 17.6 Å². The van der Waals surface area contributed by atoms with Crippen LogP contribution in [-0.4, -0.2) is 5.78 Å². The first-order chi connectivity index (χ1) is 12.0. The Morgan fingerprint density at radius 2 is 1.60 bits per heavy atom. The van der Waals surface area contributed by atoms with Gasteiger partial charge in [0.1, 0.15) is 5.78 Å². The number of carbonyl (C=O) groups excluding carboxylic acids is 1. The Bertz CT molecular complexity index is 752. The standard InChI is InChI=1S/C23H27NO/c1-15-18-14-19(23(15,2)3)20(22(18)25)21(16-10-6-4-7-11-16)24-17-12-8-5-9-13-17/h4-13,15,18-21,24H,14H2,1-3H3/t15-,18+,19-,20-,21-/m1/s1. The number of carbonyl (C=O) groups is 1. The number of hydrogen-bond donors (Lipinski definition) is 1. The lowest BCUT2D eigenvalue weighted by atomic mass is 9.62. The third kappa shape index (κ3) is 2.59. The molecular weight excluding hydrogens is 306 g/mol. The minimum absolute atomic E-state index is 0.0397. The summed E-state index contributed by atoms with van der Waals surface area (Å²) in [5.74, 6) is 1.68. The van der Waals surface area contributed by atoms with E-state index in [1.165, 1.54) is 5.56 Å². The van der Waals surface area contributed by atoms with Crippen LogP contribution in [0.4, 0.5) is 5.69 Å². The molecule has 2 nitrogen and oxygen atoms in total. The van der Waals surface area contributed by atoms with Crippen LogP contribution in [0.3, 0.4) is 0 Å². The Hall–Kier alpha value is -2.09. The van der Waals surface area contributed by atoms with Gasteiger partial charge in [-0.1, -0.05) is 69.3 Å². The zero-order valence-corrected chi connectivity index (χ0v) is 15.3. The zero-order chi connectivity index (χ0) is 17.6. The molecule has 0 amide bonds. The molecule has 2 aliphatic carbocycles. The van der Waals surface area contributed by atoms with Crippen LogP contribution in [0, 0.1) is 29.1 Å². The molecule has 1 N–H and O–H groups in total. The summed E-state index contributed by atoms with van der Waals surface area (Å²) in [6, 6.07) is 20.8. The fraction of sp³-hybridized carbons (Fsp3) is 0.435. The van der Waals surface area contributed by atoms with Crippen molar-refractivity contribution in [3.63, 3.8) is 0 Å². The van der Waals surface area contributed by atoms with E-state index in [4.69, 9.17) is 0 Å². The highest BCUT2D eigenvalue weighted by Gasteiger charge is 2.61. The summed E-state index contributed by atoms with van der Waals surface area (Å²) in [5, 5.41) is 3.68. The predicted octanol–water partition coefficient (Wildman–Crippen LogP) is 5.34. The molecule has 0 spiro atoms. The summed E-state index contributed by atoms with van der Waals surface area (Å²) in [6.07, 6.45) is 1.05. The number of Topliss-reactive ketones (excluding diaryl/α,β-unsaturated/α-hetero) is 1. The number of anilines is 1. The number of rotatable bonds is 4. The Labute approximate surface area is 150 Å². The fourth-order valence-electron chi connectivity index (χ4n) is 5.21. The third-order valence-corrected chi connectivity index (χ3v) is 6.98. The summed E-state index contributed by atoms with van der Waals surface area (Å²) in [5.41, 5.74) is 2.51. The van der Waals surface area contributed by atoms with Gasteiger partial charge in [-0.15, -0.1) is 0 Å². The number of nitrogens with one attached hydrogen (secondary N) is 1. The van der Waals surface area contributed by atoms with E-state index >= 15 is 0 Å². The van der Waals surface area contributed by atoms with Crippen molar-refractivity contribution < 1.29 is 4.79 Å². The number of fused-ring (bicyclic) bond motifs is 2. The first kappa shape index (κ1) is 16.4. The van der Waals surface area contributed by atoms with Gasteiger partial charge in [0, 0.05) is 17.5 Å². The molecule has 0 aromatic heterocycles. The third-order valence-electron chi connectivity index (χ3n) is 6.98. The van der Waals surface area contributed by atoms with E-state index < -0.39 is 0 Å². The molecule has 25 heavy (non-hydrogen) atoms. The van der Waals surface area contributed by atoms with Gasteiger partial charge in [0.2, 0.25) is 0 Å². The zero-order valence-electron chi connectivity index (χ0n) is 15.3. The van der Waals surface area contributed by atoms with Gasteiger partial charge in [0.25, 0.3) is 0 Å². The highest BCUT2D eigenvalue weighted by atomic mass is 16.1. The Balaban J connectivity index is 1.73. The normalized spacial score (nSPS) is 31.1. The molecule has 2 aromatic carbocycles. The highest BCUT2D eigenvalue weighted by molar-refractivity contribution is 5.89. The van der Waals surface area contributed by atoms with Crippen molar-refractivity contribution in [2.75, 3.05) is 5.32 Å². The van der Waals surface area contributed by atoms with E-state index in [1.807, 2.05) is 24.3 Å². The molecule has 0 aliphatic heterocycles. The van der Waals surface area contributed by atoms with E-state index in [-0.39, 0.29) is 23.3 Å². The molecular formula is C23H27NO. The summed E-state index contributed by atoms with van der Waals surface area (Å²) in [6.45, 7) is 6.97. The smallest absolute Gasteiger partial charge is 0.142 e. The SMILES string of the molecule is C[C@@H]1[C@@H]2C[C@H]([C@H]([C@H](Nc3ccccc3)c3ccccc3)C2=O)C1(C)C. The minimum Gasteiger partial charge on any atom is -0.377 e. The van der Waals surface area contributed by atoms with Gasteiger partial charge in [-0.2, -0.15) is 0 Å². The van der Waals surface area contributed by atoms with Crippen molar-refractivity contribution in [3.05, 3.63) is 66.2 Å². The van der Waals surface area contributed by atoms with Crippen LogP contribution in [0.2, 0.25) is 0 Å². The molecule has 0 saturated heterocycles. The quantitative estimate of drug-likeness (QED) is 0.818. The molecule has 0 radical (unpaired) electrons. The second kappa shape index (κ2) is 6.01. The van der Waals surface area contributed by atoms with Gasteiger partial charge in [-0.25, -0.2) is 0 Å².